The predicted octanol–water partition coefficient (Wildman–Crippen LogP) is 1.50. The van der Waals surface area contributed by atoms with Gasteiger partial charge in [-0.05, 0) is 31.4 Å². The molecular formula is C16H20O6. The summed E-state index contributed by atoms with van der Waals surface area (Å²) in [5, 5.41) is 29.0. The van der Waals surface area contributed by atoms with Gasteiger partial charge in [0.05, 0.1) is 18.3 Å². The highest BCUT2D eigenvalue weighted by molar-refractivity contribution is 5.95. The molecule has 6 heteroatoms. The summed E-state index contributed by atoms with van der Waals surface area (Å²) in [6, 6.07) is 2.62. The molecule has 2 heterocycles. The van der Waals surface area contributed by atoms with Crippen LogP contribution in [0.2, 0.25) is 0 Å². The summed E-state index contributed by atoms with van der Waals surface area (Å²) >= 11 is 0. The largest absolute Gasteiger partial charge is 0.508 e. The third kappa shape index (κ3) is 2.89. The standard InChI is InChI=1S/C16H20O6/c1-8-13(18)3-2-11(21-8)7-12-5-9-4-10(17)6-14(19)15(9)16(20)22-12/h4,6,8,11-13,17-19H,2-3,5,7H2,1H3. The van der Waals surface area contributed by atoms with Gasteiger partial charge in [0, 0.05) is 18.9 Å². The quantitative estimate of drug-likeness (QED) is 0.717. The summed E-state index contributed by atoms with van der Waals surface area (Å²) in [5.74, 6) is -0.910. The maximum Gasteiger partial charge on any atom is 0.342 e. The van der Waals surface area contributed by atoms with Crippen molar-refractivity contribution in [3.05, 3.63) is 23.3 Å². The van der Waals surface area contributed by atoms with Gasteiger partial charge in [0.1, 0.15) is 23.2 Å². The molecule has 6 nitrogen and oxygen atoms in total. The number of fused-ring (bicyclic) bond motifs is 1. The number of phenols is 2. The topological polar surface area (TPSA) is 96.2 Å². The number of rotatable bonds is 2. The normalized spacial score (nSPS) is 31.5. The molecule has 2 aliphatic heterocycles. The van der Waals surface area contributed by atoms with E-state index in [9.17, 15) is 20.1 Å². The van der Waals surface area contributed by atoms with Crippen LogP contribution in [0.15, 0.2) is 12.1 Å². The molecule has 0 radical (unpaired) electrons. The molecule has 120 valence electrons. The summed E-state index contributed by atoms with van der Waals surface area (Å²) < 4.78 is 11.1. The Morgan fingerprint density at radius 3 is 2.73 bits per heavy atom. The summed E-state index contributed by atoms with van der Waals surface area (Å²) in [7, 11) is 0. The first-order valence-corrected chi connectivity index (χ1v) is 7.53. The number of carbonyl (C=O) groups is 1. The number of phenolic OH excluding ortho intramolecular Hbond substituents is 2. The van der Waals surface area contributed by atoms with E-state index < -0.39 is 12.1 Å². The summed E-state index contributed by atoms with van der Waals surface area (Å²) in [4.78, 5) is 12.0. The first-order valence-electron chi connectivity index (χ1n) is 7.53. The summed E-state index contributed by atoms with van der Waals surface area (Å²) in [6.45, 7) is 1.83. The zero-order chi connectivity index (χ0) is 15.9. The fraction of sp³-hybridized carbons (Fsp3) is 0.562. The molecular weight excluding hydrogens is 288 g/mol. The van der Waals surface area contributed by atoms with Gasteiger partial charge in [-0.2, -0.15) is 0 Å². The Balaban J connectivity index is 1.71. The predicted molar refractivity (Wildman–Crippen MR) is 76.9 cm³/mol. The van der Waals surface area contributed by atoms with Gasteiger partial charge >= 0.3 is 5.97 Å². The Morgan fingerprint density at radius 1 is 1.23 bits per heavy atom. The third-order valence-electron chi connectivity index (χ3n) is 4.37. The van der Waals surface area contributed by atoms with Gasteiger partial charge in [-0.15, -0.1) is 0 Å². The van der Waals surface area contributed by atoms with E-state index >= 15 is 0 Å². The lowest BCUT2D eigenvalue weighted by atomic mass is 9.92. The van der Waals surface area contributed by atoms with Crippen molar-refractivity contribution < 1.29 is 29.6 Å². The molecule has 4 unspecified atom stereocenters. The van der Waals surface area contributed by atoms with Gasteiger partial charge in [0.25, 0.3) is 0 Å². The monoisotopic (exact) mass is 308 g/mol. The molecule has 0 aliphatic carbocycles. The van der Waals surface area contributed by atoms with Crippen LogP contribution >= 0.6 is 0 Å². The van der Waals surface area contributed by atoms with Crippen LogP contribution in [-0.4, -0.2) is 45.7 Å². The molecule has 3 rings (SSSR count). The van der Waals surface area contributed by atoms with Crippen LogP contribution in [0, 0.1) is 0 Å². The molecule has 1 fully saturated rings. The minimum atomic E-state index is -0.576. The molecule has 4 atom stereocenters. The number of esters is 1. The molecule has 22 heavy (non-hydrogen) atoms. The zero-order valence-electron chi connectivity index (χ0n) is 12.4. The lowest BCUT2D eigenvalue weighted by Crippen LogP contribution is -2.40. The van der Waals surface area contributed by atoms with Crippen molar-refractivity contribution in [3.8, 4) is 11.5 Å². The van der Waals surface area contributed by atoms with Crippen molar-refractivity contribution in [1.82, 2.24) is 0 Å². The van der Waals surface area contributed by atoms with Crippen LogP contribution in [0.25, 0.3) is 0 Å². The molecule has 1 aromatic rings. The Bertz CT molecular complexity index is 584. The SMILES string of the molecule is CC1OC(CC2Cc3cc(O)cc(O)c3C(=O)O2)CCC1O. The fourth-order valence-electron chi connectivity index (χ4n) is 3.21. The van der Waals surface area contributed by atoms with Gasteiger partial charge in [-0.1, -0.05) is 0 Å². The average molecular weight is 308 g/mol. The Kier molecular flexibility index (Phi) is 3.97. The number of carbonyl (C=O) groups excluding carboxylic acids is 1. The molecule has 0 aromatic heterocycles. The van der Waals surface area contributed by atoms with E-state index in [0.29, 0.717) is 24.8 Å². The Hall–Kier alpha value is -1.79. The van der Waals surface area contributed by atoms with Gasteiger partial charge < -0.3 is 24.8 Å². The fourth-order valence-corrected chi connectivity index (χ4v) is 3.21. The highest BCUT2D eigenvalue weighted by Gasteiger charge is 2.34. The summed E-state index contributed by atoms with van der Waals surface area (Å²) in [5.41, 5.74) is 0.713. The second kappa shape index (κ2) is 5.78. The first-order chi connectivity index (χ1) is 10.4. The van der Waals surface area contributed by atoms with Crippen LogP contribution < -0.4 is 0 Å². The van der Waals surface area contributed by atoms with E-state index in [2.05, 4.69) is 0 Å². The van der Waals surface area contributed by atoms with Crippen molar-refractivity contribution in [2.24, 2.45) is 0 Å². The molecule has 2 aliphatic rings. The van der Waals surface area contributed by atoms with Crippen molar-refractivity contribution in [2.45, 2.75) is 57.0 Å². The number of aliphatic hydroxyl groups is 1. The number of hydrogen-bond donors (Lipinski definition) is 3. The minimum Gasteiger partial charge on any atom is -0.508 e. The van der Waals surface area contributed by atoms with Crippen LogP contribution in [0.4, 0.5) is 0 Å². The van der Waals surface area contributed by atoms with Crippen molar-refractivity contribution in [1.29, 1.82) is 0 Å². The molecule has 1 saturated heterocycles. The van der Waals surface area contributed by atoms with Gasteiger partial charge in [0.15, 0.2) is 0 Å². The molecule has 0 amide bonds. The highest BCUT2D eigenvalue weighted by Crippen LogP contribution is 2.34. The number of aromatic hydroxyl groups is 2. The molecule has 3 N–H and O–H groups in total. The molecule has 0 bridgehead atoms. The van der Waals surface area contributed by atoms with Crippen LogP contribution in [0.1, 0.15) is 42.1 Å². The minimum absolute atomic E-state index is 0.0661. The number of benzene rings is 1. The Morgan fingerprint density at radius 2 is 2.00 bits per heavy atom. The molecule has 0 spiro atoms. The van der Waals surface area contributed by atoms with Crippen molar-refractivity contribution in [3.63, 3.8) is 0 Å². The second-order valence-corrected chi connectivity index (χ2v) is 6.07. The van der Waals surface area contributed by atoms with Crippen LogP contribution in [-0.2, 0) is 15.9 Å². The van der Waals surface area contributed by atoms with Crippen molar-refractivity contribution >= 4 is 5.97 Å². The molecule has 0 saturated carbocycles. The van der Waals surface area contributed by atoms with E-state index in [1.165, 1.54) is 6.07 Å². The Labute approximate surface area is 128 Å². The maximum absolute atomic E-state index is 12.0. The second-order valence-electron chi connectivity index (χ2n) is 6.07. The number of ether oxygens (including phenoxy) is 2. The van der Waals surface area contributed by atoms with E-state index in [4.69, 9.17) is 9.47 Å². The lowest BCUT2D eigenvalue weighted by Gasteiger charge is -2.34. The number of hydrogen-bond acceptors (Lipinski definition) is 6. The third-order valence-corrected chi connectivity index (χ3v) is 4.37. The van der Waals surface area contributed by atoms with E-state index in [1.807, 2.05) is 6.92 Å². The van der Waals surface area contributed by atoms with Crippen LogP contribution in [0.3, 0.4) is 0 Å². The van der Waals surface area contributed by atoms with Gasteiger partial charge in [-0.3, -0.25) is 0 Å². The molecule has 1 aromatic carbocycles. The van der Waals surface area contributed by atoms with E-state index in [1.54, 1.807) is 0 Å². The number of aliphatic hydroxyl groups excluding tert-OH is 1. The smallest absolute Gasteiger partial charge is 0.342 e. The number of cyclic esters (lactones) is 1. The van der Waals surface area contributed by atoms with E-state index in [-0.39, 0.29) is 35.4 Å². The maximum atomic E-state index is 12.0. The zero-order valence-corrected chi connectivity index (χ0v) is 12.4. The highest BCUT2D eigenvalue weighted by atomic mass is 16.6. The first kappa shape index (κ1) is 15.1. The van der Waals surface area contributed by atoms with Crippen molar-refractivity contribution in [2.75, 3.05) is 0 Å². The lowest BCUT2D eigenvalue weighted by molar-refractivity contribution is -0.120. The van der Waals surface area contributed by atoms with Crippen LogP contribution in [0.5, 0.6) is 11.5 Å². The summed E-state index contributed by atoms with van der Waals surface area (Å²) in [6.07, 6.45) is 1.27. The average Bonchev–Trinajstić information content (AvgIpc) is 2.41. The van der Waals surface area contributed by atoms with E-state index in [0.717, 1.165) is 12.5 Å². The van der Waals surface area contributed by atoms with Gasteiger partial charge in [0.2, 0.25) is 0 Å². The van der Waals surface area contributed by atoms with Gasteiger partial charge in [-0.25, -0.2) is 4.79 Å².